The maximum Gasteiger partial charge on any atom is 1.00 e. The van der Waals surface area contributed by atoms with E-state index in [4.69, 9.17) is 10.3 Å². The molecule has 0 aliphatic rings. The van der Waals surface area contributed by atoms with Gasteiger partial charge in [0, 0.05) is 17.1 Å². The summed E-state index contributed by atoms with van der Waals surface area (Å²) in [5.41, 5.74) is 5.03. The third kappa shape index (κ3) is 3.66. The first-order chi connectivity index (χ1) is 9.00. The molecule has 108 valence electrons. The number of hydrogen-bond donors (Lipinski definition) is 3. The summed E-state index contributed by atoms with van der Waals surface area (Å²) in [4.78, 5) is -1.38. The first-order valence-corrected chi connectivity index (χ1v) is 7.84. The summed E-state index contributed by atoms with van der Waals surface area (Å²) in [7, 11) is -9.45. The van der Waals surface area contributed by atoms with Crippen LogP contribution in [0.2, 0.25) is 0 Å². The molecule has 4 N–H and O–H groups in total. The Morgan fingerprint density at radius 1 is 1.05 bits per heavy atom. The van der Waals surface area contributed by atoms with E-state index in [9.17, 15) is 26.5 Å². The van der Waals surface area contributed by atoms with E-state index < -0.39 is 35.8 Å². The van der Waals surface area contributed by atoms with Crippen LogP contribution in [0.15, 0.2) is 34.1 Å². The van der Waals surface area contributed by atoms with E-state index in [0.717, 1.165) is 24.3 Å². The Hall–Kier alpha value is -0.880. The standard InChI is InChI=1S/C10H9NO7S2.Na/c11-8-4-7-5(2-10(8)20(16,17)18)1-6(3-9(7)12)19(13,14)15;/h1-4,12H,11H2,(H,13,14,15)(H,16,17,18);/q;+1/p-1. The molecule has 2 aromatic carbocycles. The van der Waals surface area contributed by atoms with Crippen LogP contribution in [0.25, 0.3) is 10.8 Å². The molecule has 0 heterocycles. The van der Waals surface area contributed by atoms with Crippen LogP contribution < -0.4 is 35.3 Å². The number of hydrogen-bond acceptors (Lipinski definition) is 7. The predicted octanol–water partition coefficient (Wildman–Crippen LogP) is -2.72. The van der Waals surface area contributed by atoms with Crippen molar-refractivity contribution < 1.29 is 60.6 Å². The zero-order chi connectivity index (χ0) is 15.3. The van der Waals surface area contributed by atoms with E-state index in [1.54, 1.807) is 0 Å². The molecule has 0 aliphatic heterocycles. The molecule has 0 saturated carbocycles. The van der Waals surface area contributed by atoms with Crippen molar-refractivity contribution in [1.82, 2.24) is 0 Å². The van der Waals surface area contributed by atoms with Gasteiger partial charge in [0.2, 0.25) is 0 Å². The minimum absolute atomic E-state index is 0. The molecule has 0 radical (unpaired) electrons. The van der Waals surface area contributed by atoms with Gasteiger partial charge in [0.15, 0.2) is 0 Å². The average molecular weight is 341 g/mol. The van der Waals surface area contributed by atoms with Crippen molar-refractivity contribution in [3.8, 4) is 5.75 Å². The quantitative estimate of drug-likeness (QED) is 0.302. The van der Waals surface area contributed by atoms with Gasteiger partial charge in [0.05, 0.1) is 9.79 Å². The molecule has 2 aromatic rings. The second-order valence-corrected chi connectivity index (χ2v) is 6.75. The molecule has 0 aliphatic carbocycles. The molecule has 0 bridgehead atoms. The second kappa shape index (κ2) is 5.72. The summed E-state index contributed by atoms with van der Waals surface area (Å²) in [6.07, 6.45) is 0. The maximum absolute atomic E-state index is 11.0. The van der Waals surface area contributed by atoms with E-state index in [0.29, 0.717) is 0 Å². The molecule has 21 heavy (non-hydrogen) atoms. The van der Waals surface area contributed by atoms with Crippen molar-refractivity contribution in [1.29, 1.82) is 0 Å². The van der Waals surface area contributed by atoms with Crippen LogP contribution in [0.5, 0.6) is 5.75 Å². The van der Waals surface area contributed by atoms with E-state index >= 15 is 0 Å². The van der Waals surface area contributed by atoms with Crippen molar-refractivity contribution in [3.63, 3.8) is 0 Å². The number of nitrogen functional groups attached to an aromatic ring is 1. The number of phenolic OH excluding ortho intramolecular Hbond substituents is 1. The van der Waals surface area contributed by atoms with E-state index in [2.05, 4.69) is 0 Å². The van der Waals surface area contributed by atoms with Gasteiger partial charge in [0.1, 0.15) is 15.9 Å². The van der Waals surface area contributed by atoms with Gasteiger partial charge in [-0.25, -0.2) is 8.42 Å². The van der Waals surface area contributed by atoms with Crippen molar-refractivity contribution in [2.45, 2.75) is 9.79 Å². The fraction of sp³-hybridized carbons (Fsp3) is 0. The Bertz CT molecular complexity index is 922. The first kappa shape index (κ1) is 18.2. The minimum atomic E-state index is -4.85. The second-order valence-electron chi connectivity index (χ2n) is 3.98. The summed E-state index contributed by atoms with van der Waals surface area (Å²) in [5.74, 6) is -0.531. The van der Waals surface area contributed by atoms with Gasteiger partial charge in [-0.1, -0.05) is 0 Å². The van der Waals surface area contributed by atoms with Gasteiger partial charge in [-0.2, -0.15) is 8.42 Å². The first-order valence-electron chi connectivity index (χ1n) is 5.00. The smallest absolute Gasteiger partial charge is 0.744 e. The van der Waals surface area contributed by atoms with Crippen molar-refractivity contribution >= 4 is 36.7 Å². The fourth-order valence-electron chi connectivity index (χ4n) is 1.73. The molecule has 0 aromatic heterocycles. The van der Waals surface area contributed by atoms with E-state index in [-0.39, 0.29) is 46.0 Å². The van der Waals surface area contributed by atoms with Gasteiger partial charge in [0.25, 0.3) is 10.1 Å². The Kier molecular flexibility index (Phi) is 4.95. The Balaban J connectivity index is 0.00000220. The zero-order valence-electron chi connectivity index (χ0n) is 10.6. The van der Waals surface area contributed by atoms with Gasteiger partial charge in [-0.3, -0.25) is 4.55 Å². The van der Waals surface area contributed by atoms with Gasteiger partial charge in [-0.05, 0) is 23.6 Å². The average Bonchev–Trinajstić information content (AvgIpc) is 2.26. The van der Waals surface area contributed by atoms with E-state index in [1.807, 2.05) is 0 Å². The number of phenols is 1. The summed E-state index contributed by atoms with van der Waals surface area (Å²) < 4.78 is 63.9. The van der Waals surface area contributed by atoms with Gasteiger partial charge >= 0.3 is 29.6 Å². The number of rotatable bonds is 2. The van der Waals surface area contributed by atoms with Crippen LogP contribution in [0, 0.1) is 0 Å². The molecule has 0 fully saturated rings. The Labute approximate surface area is 142 Å². The van der Waals surface area contributed by atoms with Crippen molar-refractivity contribution in [2.75, 3.05) is 5.73 Å². The third-order valence-electron chi connectivity index (χ3n) is 2.60. The van der Waals surface area contributed by atoms with Crippen LogP contribution in [0.3, 0.4) is 0 Å². The van der Waals surface area contributed by atoms with Crippen LogP contribution in [-0.2, 0) is 20.2 Å². The fourth-order valence-corrected chi connectivity index (χ4v) is 2.88. The van der Waals surface area contributed by atoms with Crippen LogP contribution in [-0.4, -0.2) is 31.0 Å². The molecule has 0 amide bonds. The molecule has 8 nitrogen and oxygen atoms in total. The summed E-state index contributed by atoms with van der Waals surface area (Å²) in [6.45, 7) is 0. The van der Waals surface area contributed by atoms with Gasteiger partial charge in [-0.15, -0.1) is 0 Å². The Morgan fingerprint density at radius 3 is 2.10 bits per heavy atom. The van der Waals surface area contributed by atoms with E-state index in [1.165, 1.54) is 0 Å². The Morgan fingerprint density at radius 2 is 1.62 bits per heavy atom. The van der Waals surface area contributed by atoms with Crippen molar-refractivity contribution in [3.05, 3.63) is 24.3 Å². The SMILES string of the molecule is Nc1cc2c(O)cc(S(=O)(=O)O)cc2cc1S(=O)(=O)[O-].[Na+]. The molecular weight excluding hydrogens is 333 g/mol. The van der Waals surface area contributed by atoms with Crippen LogP contribution >= 0.6 is 0 Å². The molecule has 0 spiro atoms. The number of benzene rings is 2. The molecular formula is C10H8NNaO7S2. The number of nitrogens with two attached hydrogens (primary N) is 1. The van der Waals surface area contributed by atoms with Gasteiger partial charge < -0.3 is 15.4 Å². The number of fused-ring (bicyclic) bond motifs is 1. The molecule has 2 rings (SSSR count). The maximum atomic E-state index is 11.0. The monoisotopic (exact) mass is 341 g/mol. The van der Waals surface area contributed by atoms with Crippen LogP contribution in [0.1, 0.15) is 0 Å². The zero-order valence-corrected chi connectivity index (χ0v) is 14.3. The summed E-state index contributed by atoms with van der Waals surface area (Å²) in [6, 6.07) is 3.56. The number of anilines is 1. The summed E-state index contributed by atoms with van der Waals surface area (Å²) >= 11 is 0. The molecule has 0 atom stereocenters. The third-order valence-corrected chi connectivity index (χ3v) is 4.33. The predicted molar refractivity (Wildman–Crippen MR) is 67.8 cm³/mol. The number of aromatic hydroxyl groups is 1. The molecule has 0 unspecified atom stereocenters. The molecule has 0 saturated heterocycles. The largest absolute Gasteiger partial charge is 1.00 e. The topological polar surface area (TPSA) is 158 Å². The normalized spacial score (nSPS) is 12.1. The molecule has 11 heteroatoms. The van der Waals surface area contributed by atoms with Crippen molar-refractivity contribution in [2.24, 2.45) is 0 Å². The van der Waals surface area contributed by atoms with Crippen LogP contribution in [0.4, 0.5) is 5.69 Å². The summed E-state index contributed by atoms with van der Waals surface area (Å²) in [5, 5.41) is 9.65. The minimum Gasteiger partial charge on any atom is -0.744 e.